The predicted molar refractivity (Wildman–Crippen MR) is 246 cm³/mol. The molecule has 4 N–H and O–H groups in total. The number of cyclic esters (lactones) is 1. The first kappa shape index (κ1) is 54.5. The van der Waals surface area contributed by atoms with Gasteiger partial charge in [-0.3, -0.25) is 14.4 Å². The molecular formula is C51H81NO13. The third-order valence-electron chi connectivity index (χ3n) is 14.7. The molecule has 65 heavy (non-hydrogen) atoms. The zero-order valence-electron chi connectivity index (χ0n) is 40.7. The molecule has 2 bridgehead atoms. The monoisotopic (exact) mass is 916 g/mol. The zero-order valence-corrected chi connectivity index (χ0v) is 40.7. The number of hydrogen-bond donors (Lipinski definition) is 4. The molecular weight excluding hydrogens is 835 g/mol. The number of amides is 1. The maximum atomic E-state index is 14.4. The van der Waals surface area contributed by atoms with Crippen LogP contribution in [0.2, 0.25) is 0 Å². The van der Waals surface area contributed by atoms with Crippen LogP contribution in [0.25, 0.3) is 0 Å². The van der Waals surface area contributed by atoms with Crippen molar-refractivity contribution in [3.05, 3.63) is 47.6 Å². The van der Waals surface area contributed by atoms with E-state index < -0.39 is 78.1 Å². The summed E-state index contributed by atoms with van der Waals surface area (Å²) in [6.45, 7) is 12.9. The number of allylic oxidation sites excluding steroid dienone is 6. The number of Topliss-reactive ketones (excluding diaryl/α,β-unsaturated/α-hetero) is 2. The number of fused-ring (bicyclic) bond motifs is 3. The van der Waals surface area contributed by atoms with Gasteiger partial charge in [0, 0.05) is 58.5 Å². The number of carbonyl (C=O) groups excluding carboxylic acids is 4. The third-order valence-corrected chi connectivity index (χ3v) is 14.7. The molecule has 0 radical (unpaired) electrons. The van der Waals surface area contributed by atoms with Crippen LogP contribution in [0.1, 0.15) is 126 Å². The molecule has 1 aliphatic carbocycles. The summed E-state index contributed by atoms with van der Waals surface area (Å²) in [6.07, 6.45) is 9.77. The summed E-state index contributed by atoms with van der Waals surface area (Å²) in [5.41, 5.74) is 1.23. The second-order valence-corrected chi connectivity index (χ2v) is 19.8. The topological polar surface area (TPSA) is 199 Å². The highest BCUT2D eigenvalue weighted by atomic mass is 16.6. The Morgan fingerprint density at radius 1 is 0.862 bits per heavy atom. The summed E-state index contributed by atoms with van der Waals surface area (Å²) in [6, 6.07) is -1.08. The fraction of sp³-hybridized carbons (Fsp3) is 0.765. The Balaban J connectivity index is 1.70. The fourth-order valence-corrected chi connectivity index (χ4v) is 10.3. The van der Waals surface area contributed by atoms with Crippen molar-refractivity contribution >= 4 is 23.4 Å². The molecule has 9 unspecified atom stereocenters. The summed E-state index contributed by atoms with van der Waals surface area (Å²) >= 11 is 0. The first-order valence-electron chi connectivity index (χ1n) is 24.1. The highest BCUT2D eigenvalue weighted by molar-refractivity contribution is 5.95. The summed E-state index contributed by atoms with van der Waals surface area (Å²) < 4.78 is 29.5. The van der Waals surface area contributed by atoms with E-state index >= 15 is 0 Å². The molecule has 2 saturated heterocycles. The van der Waals surface area contributed by atoms with E-state index in [2.05, 4.69) is 0 Å². The molecule has 3 heterocycles. The number of methoxy groups -OCH3 is 3. The molecule has 16 atom stereocenters. The lowest BCUT2D eigenvalue weighted by Crippen LogP contribution is -2.63. The minimum absolute atomic E-state index is 0.0291. The van der Waals surface area contributed by atoms with Crippen molar-refractivity contribution in [1.82, 2.24) is 4.90 Å². The number of rotatable bonds is 6. The molecule has 1 amide bonds. The second kappa shape index (κ2) is 25.3. The molecule has 368 valence electrons. The van der Waals surface area contributed by atoms with Gasteiger partial charge in [-0.25, -0.2) is 4.79 Å². The molecule has 3 fully saturated rings. The number of ether oxygens (including phenoxy) is 5. The van der Waals surface area contributed by atoms with Gasteiger partial charge in [0.15, 0.2) is 17.7 Å². The normalized spacial score (nSPS) is 39.0. The number of aliphatic hydroxyl groups excluding tert-OH is 3. The Bertz CT molecular complexity index is 1710. The average Bonchev–Trinajstić information content (AvgIpc) is 3.28. The van der Waals surface area contributed by atoms with E-state index in [9.17, 15) is 39.6 Å². The summed E-state index contributed by atoms with van der Waals surface area (Å²) in [5.74, 6) is -6.20. The van der Waals surface area contributed by atoms with E-state index in [4.69, 9.17) is 23.7 Å². The van der Waals surface area contributed by atoms with Crippen LogP contribution in [0.3, 0.4) is 0 Å². The van der Waals surface area contributed by atoms with E-state index in [1.165, 1.54) is 12.0 Å². The molecule has 0 aromatic heterocycles. The maximum Gasteiger partial charge on any atom is 0.329 e. The Morgan fingerprint density at radius 3 is 2.26 bits per heavy atom. The first-order chi connectivity index (χ1) is 30.7. The van der Waals surface area contributed by atoms with Gasteiger partial charge in [-0.2, -0.15) is 0 Å². The number of carbonyl (C=O) groups is 4. The van der Waals surface area contributed by atoms with E-state index in [1.807, 2.05) is 58.1 Å². The van der Waals surface area contributed by atoms with E-state index in [1.54, 1.807) is 41.1 Å². The summed E-state index contributed by atoms with van der Waals surface area (Å²) in [4.78, 5) is 57.8. The molecule has 0 aromatic rings. The highest BCUT2D eigenvalue weighted by Crippen LogP contribution is 2.39. The predicted octanol–water partition coefficient (Wildman–Crippen LogP) is 5.97. The van der Waals surface area contributed by atoms with Crippen LogP contribution in [0, 0.1) is 35.5 Å². The SMILES string of the molecule is COC1CC(C[C@@H](C)[C@@H]2CC(=O)C(C)=CC(C)C(O)[C@@H](OC)C(=O)C(C)C[C@H](C)C=CC=CC=C(C)[C@@H](OC)C[C@@H]3CCC(C)C(O)(O3)C(O)C(=O)N3CCCCC3C(=O)O2)CC[C@H]1O. The van der Waals surface area contributed by atoms with Gasteiger partial charge in [-0.1, -0.05) is 71.1 Å². The smallest absolute Gasteiger partial charge is 0.329 e. The Labute approximate surface area is 387 Å². The van der Waals surface area contributed by atoms with E-state index in [0.717, 1.165) is 12.0 Å². The maximum absolute atomic E-state index is 14.4. The number of esters is 1. The van der Waals surface area contributed by atoms with Crippen LogP contribution in [0.4, 0.5) is 0 Å². The highest BCUT2D eigenvalue weighted by Gasteiger charge is 2.53. The largest absolute Gasteiger partial charge is 0.460 e. The van der Waals surface area contributed by atoms with Crippen molar-refractivity contribution in [2.75, 3.05) is 27.9 Å². The van der Waals surface area contributed by atoms with Crippen molar-refractivity contribution in [3.63, 3.8) is 0 Å². The Kier molecular flexibility index (Phi) is 21.3. The van der Waals surface area contributed by atoms with Crippen molar-refractivity contribution in [2.24, 2.45) is 35.5 Å². The molecule has 0 spiro atoms. The van der Waals surface area contributed by atoms with Crippen LogP contribution in [0.5, 0.6) is 0 Å². The minimum Gasteiger partial charge on any atom is -0.460 e. The standard InChI is InChI=1S/C51H81NO13/c1-30-16-12-11-13-17-31(2)42(61-8)28-38-21-19-36(7)51(60,65-38)48(57)49(58)52-23-15-14-18-39(52)50(59)64-43(33(4)26-37-20-22-40(53)44(27-37)62-9)29-41(54)32(3)25-35(6)46(56)47(63-10)45(55)34(5)24-30/h11-13,16-17,25,30,33-40,42-44,46-48,53,56-57,60H,14-15,18-24,26-29H2,1-10H3/t30-,33-,34?,35?,36?,37?,38+,39?,40-,42+,43+,44?,46?,47+,48?,51?/m1/s1. The first-order valence-corrected chi connectivity index (χ1v) is 24.1. The molecule has 1 saturated carbocycles. The lowest BCUT2D eigenvalue weighted by Gasteiger charge is -2.46. The number of nitrogens with zero attached hydrogens (tertiary/aromatic N) is 1. The molecule has 4 aliphatic rings. The van der Waals surface area contributed by atoms with Crippen molar-refractivity contribution < 1.29 is 63.3 Å². The minimum atomic E-state index is -2.23. The number of aliphatic hydroxyl groups is 4. The van der Waals surface area contributed by atoms with Crippen LogP contribution >= 0.6 is 0 Å². The number of ketones is 2. The lowest BCUT2D eigenvalue weighted by atomic mass is 9.78. The van der Waals surface area contributed by atoms with Crippen molar-refractivity contribution in [2.45, 2.75) is 186 Å². The third kappa shape index (κ3) is 14.5. The van der Waals surface area contributed by atoms with Crippen LogP contribution in [0.15, 0.2) is 47.6 Å². The second-order valence-electron chi connectivity index (χ2n) is 19.8. The van der Waals surface area contributed by atoms with Gasteiger partial charge in [0.2, 0.25) is 5.79 Å². The van der Waals surface area contributed by atoms with E-state index in [0.29, 0.717) is 63.4 Å². The number of piperidine rings is 1. The summed E-state index contributed by atoms with van der Waals surface area (Å²) in [5, 5.41) is 45.7. The van der Waals surface area contributed by atoms with Gasteiger partial charge in [0.05, 0.1) is 30.5 Å². The molecule has 14 heteroatoms. The van der Waals surface area contributed by atoms with Gasteiger partial charge < -0.3 is 49.0 Å². The van der Waals surface area contributed by atoms with Gasteiger partial charge in [-0.15, -0.1) is 0 Å². The zero-order chi connectivity index (χ0) is 48.2. The van der Waals surface area contributed by atoms with Crippen LogP contribution in [-0.4, -0.2) is 137 Å². The van der Waals surface area contributed by atoms with Gasteiger partial charge in [0.25, 0.3) is 5.91 Å². The van der Waals surface area contributed by atoms with Crippen LogP contribution in [-0.2, 0) is 42.9 Å². The molecule has 4 rings (SSSR count). The van der Waals surface area contributed by atoms with Crippen molar-refractivity contribution in [3.8, 4) is 0 Å². The Morgan fingerprint density at radius 2 is 1.58 bits per heavy atom. The molecule has 14 nitrogen and oxygen atoms in total. The van der Waals surface area contributed by atoms with E-state index in [-0.39, 0.29) is 60.9 Å². The average molecular weight is 916 g/mol. The number of hydrogen-bond acceptors (Lipinski definition) is 13. The van der Waals surface area contributed by atoms with Crippen molar-refractivity contribution in [1.29, 1.82) is 0 Å². The fourth-order valence-electron chi connectivity index (χ4n) is 10.3. The molecule has 0 aromatic carbocycles. The van der Waals surface area contributed by atoms with Gasteiger partial charge >= 0.3 is 5.97 Å². The summed E-state index contributed by atoms with van der Waals surface area (Å²) in [7, 11) is 4.55. The van der Waals surface area contributed by atoms with Gasteiger partial charge in [0.1, 0.15) is 18.2 Å². The Hall–Kier alpha value is -3.08. The molecule has 3 aliphatic heterocycles. The van der Waals surface area contributed by atoms with Gasteiger partial charge in [-0.05, 0) is 107 Å². The quantitative estimate of drug-likeness (QED) is 0.228. The van der Waals surface area contributed by atoms with Crippen LogP contribution < -0.4 is 0 Å². The lowest BCUT2D eigenvalue weighted by molar-refractivity contribution is -0.317.